The number of benzene rings is 1. The molecular formula is C13H8FN3O3. The standard InChI is InChI=1S/C13H8FN3O3/c1-7-2-3-8(4-11(7)17(18)19)12-16-10-5-9(14)6-15-13(10)20-12/h2-6H,1H3. The monoisotopic (exact) mass is 273 g/mol. The molecule has 0 atom stereocenters. The molecule has 0 aliphatic rings. The van der Waals surface area contributed by atoms with Crippen LogP contribution in [0.3, 0.4) is 0 Å². The third-order valence-electron chi connectivity index (χ3n) is 2.87. The highest BCUT2D eigenvalue weighted by Crippen LogP contribution is 2.28. The van der Waals surface area contributed by atoms with Gasteiger partial charge in [0, 0.05) is 23.3 Å². The number of aromatic nitrogens is 2. The minimum Gasteiger partial charge on any atom is -0.418 e. The second kappa shape index (κ2) is 4.37. The maximum Gasteiger partial charge on any atom is 0.273 e. The molecule has 0 bridgehead atoms. The van der Waals surface area contributed by atoms with E-state index in [4.69, 9.17) is 4.42 Å². The highest BCUT2D eigenvalue weighted by molar-refractivity contribution is 5.73. The van der Waals surface area contributed by atoms with Crippen LogP contribution in [-0.2, 0) is 0 Å². The molecule has 7 heteroatoms. The zero-order valence-electron chi connectivity index (χ0n) is 10.3. The summed E-state index contributed by atoms with van der Waals surface area (Å²) in [5.41, 5.74) is 1.41. The summed E-state index contributed by atoms with van der Waals surface area (Å²) in [6.07, 6.45) is 1.02. The number of fused-ring (bicyclic) bond motifs is 1. The molecule has 1 aromatic carbocycles. The molecule has 0 amide bonds. The van der Waals surface area contributed by atoms with Gasteiger partial charge in [-0.25, -0.2) is 14.4 Å². The second-order valence-electron chi connectivity index (χ2n) is 4.26. The van der Waals surface area contributed by atoms with E-state index in [1.807, 2.05) is 0 Å². The van der Waals surface area contributed by atoms with Crippen molar-refractivity contribution in [1.29, 1.82) is 0 Å². The molecular weight excluding hydrogens is 265 g/mol. The number of nitro benzene ring substituents is 1. The van der Waals surface area contributed by atoms with E-state index in [1.165, 1.54) is 12.1 Å². The van der Waals surface area contributed by atoms with E-state index in [2.05, 4.69) is 9.97 Å². The maximum atomic E-state index is 13.0. The van der Waals surface area contributed by atoms with Crippen LogP contribution in [0, 0.1) is 22.9 Å². The Morgan fingerprint density at radius 2 is 2.15 bits per heavy atom. The fourth-order valence-corrected chi connectivity index (χ4v) is 1.86. The van der Waals surface area contributed by atoms with E-state index >= 15 is 0 Å². The largest absolute Gasteiger partial charge is 0.418 e. The van der Waals surface area contributed by atoms with Crippen LogP contribution in [0.1, 0.15) is 5.56 Å². The minimum atomic E-state index is -0.521. The van der Waals surface area contributed by atoms with Crippen LogP contribution in [0.2, 0.25) is 0 Å². The maximum absolute atomic E-state index is 13.0. The summed E-state index contributed by atoms with van der Waals surface area (Å²) < 4.78 is 18.4. The van der Waals surface area contributed by atoms with Crippen molar-refractivity contribution in [2.75, 3.05) is 0 Å². The van der Waals surface area contributed by atoms with Gasteiger partial charge in [-0.3, -0.25) is 10.1 Å². The normalized spacial score (nSPS) is 10.9. The number of oxazole rings is 1. The lowest BCUT2D eigenvalue weighted by Gasteiger charge is -1.98. The molecule has 0 unspecified atom stereocenters. The number of nitro groups is 1. The Morgan fingerprint density at radius 1 is 1.35 bits per heavy atom. The third-order valence-corrected chi connectivity index (χ3v) is 2.87. The average Bonchev–Trinajstić information content (AvgIpc) is 2.81. The zero-order chi connectivity index (χ0) is 14.3. The molecule has 0 aliphatic heterocycles. The molecule has 0 saturated heterocycles. The van der Waals surface area contributed by atoms with Crippen LogP contribution in [0.15, 0.2) is 34.9 Å². The number of aryl methyl sites for hydroxylation is 1. The van der Waals surface area contributed by atoms with Crippen molar-refractivity contribution in [2.45, 2.75) is 6.92 Å². The molecule has 3 aromatic rings. The Morgan fingerprint density at radius 3 is 2.90 bits per heavy atom. The Kier molecular flexibility index (Phi) is 2.67. The topological polar surface area (TPSA) is 82.1 Å². The van der Waals surface area contributed by atoms with Gasteiger partial charge >= 0.3 is 0 Å². The molecule has 0 fully saturated rings. The number of nitrogens with zero attached hydrogens (tertiary/aromatic N) is 3. The molecule has 2 aromatic heterocycles. The van der Waals surface area contributed by atoms with Gasteiger partial charge in [-0.1, -0.05) is 6.07 Å². The van der Waals surface area contributed by atoms with Crippen molar-refractivity contribution in [2.24, 2.45) is 0 Å². The number of hydrogen-bond donors (Lipinski definition) is 0. The first-order valence-electron chi connectivity index (χ1n) is 5.72. The summed E-state index contributed by atoms with van der Waals surface area (Å²) in [6.45, 7) is 1.64. The Bertz CT molecular complexity index is 829. The van der Waals surface area contributed by atoms with Gasteiger partial charge in [-0.15, -0.1) is 0 Å². The molecule has 0 saturated carbocycles. The van der Waals surface area contributed by atoms with Crippen molar-refractivity contribution >= 4 is 16.9 Å². The quantitative estimate of drug-likeness (QED) is 0.528. The van der Waals surface area contributed by atoms with E-state index < -0.39 is 10.7 Å². The van der Waals surface area contributed by atoms with Crippen LogP contribution >= 0.6 is 0 Å². The van der Waals surface area contributed by atoms with Gasteiger partial charge < -0.3 is 4.42 Å². The van der Waals surface area contributed by atoms with Crippen molar-refractivity contribution in [3.63, 3.8) is 0 Å². The fourth-order valence-electron chi connectivity index (χ4n) is 1.86. The molecule has 0 spiro atoms. The van der Waals surface area contributed by atoms with Gasteiger partial charge in [0.15, 0.2) is 0 Å². The summed E-state index contributed by atoms with van der Waals surface area (Å²) in [7, 11) is 0. The lowest BCUT2D eigenvalue weighted by Crippen LogP contribution is -1.92. The van der Waals surface area contributed by atoms with E-state index in [1.54, 1.807) is 19.1 Å². The predicted octanol–water partition coefficient (Wildman–Crippen LogP) is 3.25. The fraction of sp³-hybridized carbons (Fsp3) is 0.0769. The Balaban J connectivity index is 2.15. The lowest BCUT2D eigenvalue weighted by atomic mass is 10.1. The Labute approximate surface area is 112 Å². The first-order valence-corrected chi connectivity index (χ1v) is 5.72. The second-order valence-corrected chi connectivity index (χ2v) is 4.26. The molecule has 2 heterocycles. The number of halogens is 1. The van der Waals surface area contributed by atoms with Gasteiger partial charge in [-0.05, 0) is 13.0 Å². The zero-order valence-corrected chi connectivity index (χ0v) is 10.3. The SMILES string of the molecule is Cc1ccc(-c2nc3cc(F)cnc3o2)cc1[N+](=O)[O-]. The van der Waals surface area contributed by atoms with Crippen LogP contribution in [-0.4, -0.2) is 14.9 Å². The van der Waals surface area contributed by atoms with Gasteiger partial charge in [-0.2, -0.15) is 0 Å². The van der Waals surface area contributed by atoms with E-state index in [0.29, 0.717) is 11.1 Å². The highest BCUT2D eigenvalue weighted by atomic mass is 19.1. The number of rotatable bonds is 2. The van der Waals surface area contributed by atoms with Crippen molar-refractivity contribution in [1.82, 2.24) is 9.97 Å². The Hall–Kier alpha value is -2.83. The molecule has 0 N–H and O–H groups in total. The highest BCUT2D eigenvalue weighted by Gasteiger charge is 2.16. The molecule has 20 heavy (non-hydrogen) atoms. The van der Waals surface area contributed by atoms with Crippen LogP contribution < -0.4 is 0 Å². The van der Waals surface area contributed by atoms with Crippen molar-refractivity contribution in [3.05, 3.63) is 52.0 Å². The summed E-state index contributed by atoms with van der Waals surface area (Å²) in [6, 6.07) is 5.83. The van der Waals surface area contributed by atoms with E-state index in [0.717, 1.165) is 6.20 Å². The van der Waals surface area contributed by atoms with Gasteiger partial charge in [0.1, 0.15) is 11.3 Å². The van der Waals surface area contributed by atoms with Gasteiger partial charge in [0.05, 0.1) is 11.1 Å². The molecule has 6 nitrogen and oxygen atoms in total. The number of hydrogen-bond acceptors (Lipinski definition) is 5. The van der Waals surface area contributed by atoms with Gasteiger partial charge in [0.25, 0.3) is 5.69 Å². The molecule has 0 aliphatic carbocycles. The summed E-state index contributed by atoms with van der Waals surface area (Å²) in [5, 5.41) is 10.9. The van der Waals surface area contributed by atoms with Crippen LogP contribution in [0.4, 0.5) is 10.1 Å². The summed E-state index contributed by atoms with van der Waals surface area (Å²) >= 11 is 0. The van der Waals surface area contributed by atoms with E-state index in [-0.39, 0.29) is 22.8 Å². The first-order chi connectivity index (χ1) is 9.54. The average molecular weight is 273 g/mol. The molecule has 100 valence electrons. The number of pyridine rings is 1. The summed E-state index contributed by atoms with van der Waals surface area (Å²) in [4.78, 5) is 18.3. The van der Waals surface area contributed by atoms with Gasteiger partial charge in [0.2, 0.25) is 11.6 Å². The van der Waals surface area contributed by atoms with Crippen molar-refractivity contribution < 1.29 is 13.7 Å². The molecule has 0 radical (unpaired) electrons. The smallest absolute Gasteiger partial charge is 0.273 e. The first kappa shape index (κ1) is 12.2. The van der Waals surface area contributed by atoms with Crippen LogP contribution in [0.5, 0.6) is 0 Å². The van der Waals surface area contributed by atoms with Crippen molar-refractivity contribution in [3.8, 4) is 11.5 Å². The minimum absolute atomic E-state index is 0.0242. The summed E-state index contributed by atoms with van der Waals surface area (Å²) in [5.74, 6) is -0.353. The predicted molar refractivity (Wildman–Crippen MR) is 68.6 cm³/mol. The molecule has 3 rings (SSSR count). The lowest BCUT2D eigenvalue weighted by molar-refractivity contribution is -0.385. The third kappa shape index (κ3) is 1.99. The van der Waals surface area contributed by atoms with Crippen LogP contribution in [0.25, 0.3) is 22.7 Å². The van der Waals surface area contributed by atoms with E-state index in [9.17, 15) is 14.5 Å².